The molecule has 5 rings (SSSR count). The molecule has 4 aliphatic heterocycles. The maximum Gasteiger partial charge on any atom is 0.313 e. The summed E-state index contributed by atoms with van der Waals surface area (Å²) in [6, 6.07) is 7.00. The summed E-state index contributed by atoms with van der Waals surface area (Å²) in [5, 5.41) is 9.46. The molecule has 4 heterocycles. The lowest BCUT2D eigenvalue weighted by molar-refractivity contribution is -0.160. The fourth-order valence-electron chi connectivity index (χ4n) is 7.34. The Bertz CT molecular complexity index is 1210. The quantitative estimate of drug-likeness (QED) is 0.270. The number of anilines is 2. The van der Waals surface area contributed by atoms with E-state index in [1.807, 2.05) is 49.4 Å². The Morgan fingerprint density at radius 1 is 0.952 bits per heavy atom. The molecule has 1 unspecified atom stereocenters. The van der Waals surface area contributed by atoms with Crippen LogP contribution in [0.1, 0.15) is 59.3 Å². The summed E-state index contributed by atoms with van der Waals surface area (Å²) in [7, 11) is 0. The molecule has 0 bridgehead atoms. The van der Waals surface area contributed by atoms with Gasteiger partial charge < -0.3 is 29.3 Å². The van der Waals surface area contributed by atoms with Gasteiger partial charge in [0, 0.05) is 44.2 Å². The lowest BCUT2D eigenvalue weighted by atomic mass is 9.73. The number of aliphatic hydroxyl groups excluding tert-OH is 1. The second-order valence-electron chi connectivity index (χ2n) is 11.7. The number of rotatable bonds is 9. The third kappa shape index (κ3) is 5.04. The molecule has 4 aliphatic rings. The number of cyclic esters (lactones) is 1. The molecule has 5 atom stereocenters. The van der Waals surface area contributed by atoms with E-state index in [1.54, 1.807) is 9.80 Å². The Kier molecular flexibility index (Phi) is 9.08. The first-order valence-corrected chi connectivity index (χ1v) is 15.7. The van der Waals surface area contributed by atoms with Crippen molar-refractivity contribution in [3.05, 3.63) is 48.6 Å². The second kappa shape index (κ2) is 12.6. The number of ether oxygens (including phenoxy) is 2. The lowest BCUT2D eigenvalue weighted by Crippen LogP contribution is -2.56. The molecule has 1 spiro atoms. The van der Waals surface area contributed by atoms with Gasteiger partial charge in [0.15, 0.2) is 0 Å². The van der Waals surface area contributed by atoms with E-state index in [1.165, 1.54) is 0 Å². The maximum atomic E-state index is 14.6. The normalized spacial score (nSPS) is 31.7. The molecule has 9 nitrogen and oxygen atoms in total. The van der Waals surface area contributed by atoms with E-state index < -0.39 is 35.0 Å². The molecule has 1 aromatic rings. The zero-order valence-electron chi connectivity index (χ0n) is 25.2. The molecule has 42 heavy (non-hydrogen) atoms. The van der Waals surface area contributed by atoms with Crippen molar-refractivity contribution in [1.82, 2.24) is 4.90 Å². The number of unbranched alkanes of at least 4 members (excludes halogenated alkanes) is 1. The number of allylic oxidation sites excluding steroid dienone is 1. The molecule has 1 aromatic carbocycles. The lowest BCUT2D eigenvalue weighted by Gasteiger charge is -2.38. The van der Waals surface area contributed by atoms with Crippen molar-refractivity contribution in [1.29, 1.82) is 0 Å². The minimum atomic E-state index is -1.32. The molecule has 228 valence electrons. The fourth-order valence-corrected chi connectivity index (χ4v) is 7.34. The van der Waals surface area contributed by atoms with Crippen molar-refractivity contribution in [2.24, 2.45) is 11.8 Å². The molecular weight excluding hydrogens is 534 g/mol. The van der Waals surface area contributed by atoms with E-state index in [2.05, 4.69) is 24.8 Å². The number of benzene rings is 1. The first-order chi connectivity index (χ1) is 20.4. The van der Waals surface area contributed by atoms with Gasteiger partial charge >= 0.3 is 5.97 Å². The Morgan fingerprint density at radius 3 is 2.40 bits per heavy atom. The van der Waals surface area contributed by atoms with E-state index in [9.17, 15) is 19.5 Å². The van der Waals surface area contributed by atoms with Crippen LogP contribution in [0.25, 0.3) is 0 Å². The van der Waals surface area contributed by atoms with Crippen LogP contribution in [0.5, 0.6) is 0 Å². The highest BCUT2D eigenvalue weighted by Gasteiger charge is 2.75. The van der Waals surface area contributed by atoms with Gasteiger partial charge in [0.2, 0.25) is 5.91 Å². The van der Waals surface area contributed by atoms with Gasteiger partial charge in [0.05, 0.1) is 12.5 Å². The van der Waals surface area contributed by atoms with Gasteiger partial charge in [-0.1, -0.05) is 31.2 Å². The Balaban J connectivity index is 1.58. The van der Waals surface area contributed by atoms with Crippen LogP contribution in [0.3, 0.4) is 0 Å². The van der Waals surface area contributed by atoms with E-state index >= 15 is 0 Å². The zero-order valence-corrected chi connectivity index (χ0v) is 25.2. The van der Waals surface area contributed by atoms with Crippen molar-refractivity contribution in [3.8, 4) is 0 Å². The van der Waals surface area contributed by atoms with E-state index in [4.69, 9.17) is 9.47 Å². The van der Waals surface area contributed by atoms with Crippen LogP contribution in [0.4, 0.5) is 11.4 Å². The van der Waals surface area contributed by atoms with E-state index in [0.717, 1.165) is 43.7 Å². The number of fused-ring (bicyclic) bond motifs is 2. The predicted molar refractivity (Wildman–Crippen MR) is 161 cm³/mol. The molecule has 0 saturated carbocycles. The van der Waals surface area contributed by atoms with Gasteiger partial charge in [-0.25, -0.2) is 0 Å². The monoisotopic (exact) mass is 579 g/mol. The zero-order chi connectivity index (χ0) is 29.9. The van der Waals surface area contributed by atoms with Crippen molar-refractivity contribution < 1.29 is 29.0 Å². The van der Waals surface area contributed by atoms with Crippen LogP contribution in [0.15, 0.2) is 48.6 Å². The first-order valence-electron chi connectivity index (χ1n) is 15.7. The number of carbonyl (C=O) groups is 3. The second-order valence-corrected chi connectivity index (χ2v) is 11.7. The van der Waals surface area contributed by atoms with Gasteiger partial charge in [-0.3, -0.25) is 14.4 Å². The fraction of sp³-hybridized carbons (Fsp3) is 0.606. The molecule has 0 aromatic heterocycles. The minimum absolute atomic E-state index is 0.00464. The Labute approximate surface area is 249 Å². The summed E-state index contributed by atoms with van der Waals surface area (Å²) >= 11 is 0. The van der Waals surface area contributed by atoms with E-state index in [0.29, 0.717) is 32.4 Å². The summed E-state index contributed by atoms with van der Waals surface area (Å²) < 4.78 is 12.7. The van der Waals surface area contributed by atoms with Gasteiger partial charge in [-0.2, -0.15) is 0 Å². The highest BCUT2D eigenvalue weighted by atomic mass is 16.6. The van der Waals surface area contributed by atoms with Crippen LogP contribution in [-0.4, -0.2) is 84.4 Å². The number of hydrogen-bond acceptors (Lipinski definition) is 7. The average molecular weight is 580 g/mol. The molecule has 9 heteroatoms. The van der Waals surface area contributed by atoms with Crippen molar-refractivity contribution in [2.45, 2.75) is 76.5 Å². The van der Waals surface area contributed by atoms with Crippen LogP contribution < -0.4 is 9.80 Å². The van der Waals surface area contributed by atoms with Crippen LogP contribution in [-0.2, 0) is 23.9 Å². The van der Waals surface area contributed by atoms with Crippen LogP contribution in [0, 0.1) is 11.8 Å². The maximum absolute atomic E-state index is 14.6. The molecule has 0 radical (unpaired) electrons. The highest BCUT2D eigenvalue weighted by Crippen LogP contribution is 2.58. The van der Waals surface area contributed by atoms with Crippen molar-refractivity contribution >= 4 is 29.2 Å². The number of hydrogen-bond donors (Lipinski definition) is 1. The molecular formula is C33H45N3O6. The summed E-state index contributed by atoms with van der Waals surface area (Å²) in [6.45, 7) is 8.84. The summed E-state index contributed by atoms with van der Waals surface area (Å²) in [6.07, 6.45) is 11.7. The number of aliphatic hydroxyl groups is 1. The summed E-state index contributed by atoms with van der Waals surface area (Å²) in [4.78, 5) is 48.3. The standard InChI is InChI=1S/C33H45N3O6/c1-4-32-18-9-7-8-12-23-41-31(40)27(32)26-29(38)36(20-10-11-22-37)28-30(39)35(21-13-19-33(26,28)42-32)25-16-14-24(15-17-25)34(5-2)6-3/h9,13-19,26-28,37H,4-8,10-12,20-23H2,1-3H3/b18-9-/t26-,27+,28?,32-,33-/m0/s1. The average Bonchev–Trinajstić information content (AvgIpc) is 3.35. The Morgan fingerprint density at radius 2 is 1.71 bits per heavy atom. The molecule has 2 amide bonds. The topological polar surface area (TPSA) is 99.6 Å². The molecule has 2 fully saturated rings. The third-order valence-corrected chi connectivity index (χ3v) is 9.48. The highest BCUT2D eigenvalue weighted by molar-refractivity contribution is 6.05. The summed E-state index contributed by atoms with van der Waals surface area (Å²) in [5.41, 5.74) is -0.556. The third-order valence-electron chi connectivity index (χ3n) is 9.48. The molecule has 2 saturated heterocycles. The largest absolute Gasteiger partial charge is 0.465 e. The predicted octanol–water partition coefficient (Wildman–Crippen LogP) is 3.85. The van der Waals surface area contributed by atoms with Gasteiger partial charge in [0.1, 0.15) is 23.2 Å². The summed E-state index contributed by atoms with van der Waals surface area (Å²) in [5.74, 6) is -2.70. The van der Waals surface area contributed by atoms with Gasteiger partial charge in [0.25, 0.3) is 5.91 Å². The molecule has 0 aliphatic carbocycles. The molecule has 1 N–H and O–H groups in total. The van der Waals surface area contributed by atoms with Crippen LogP contribution >= 0.6 is 0 Å². The number of carbonyl (C=O) groups excluding carboxylic acids is 3. The van der Waals surface area contributed by atoms with Crippen molar-refractivity contribution in [2.75, 3.05) is 49.2 Å². The number of esters is 1. The first kappa shape index (κ1) is 30.3. The van der Waals surface area contributed by atoms with Gasteiger partial charge in [-0.05, 0) is 76.6 Å². The van der Waals surface area contributed by atoms with Gasteiger partial charge in [-0.15, -0.1) is 0 Å². The number of amides is 2. The van der Waals surface area contributed by atoms with Crippen LogP contribution in [0.2, 0.25) is 0 Å². The SMILES string of the molecule is CCN(CC)c1ccc(N2CC=C[C@]34O[C@@]5(CC)/C=C\CCCCOC(=O)[C@H]5[C@H]3C(=O)N(CCCCO)C4C2=O)cc1. The van der Waals surface area contributed by atoms with Crippen molar-refractivity contribution in [3.63, 3.8) is 0 Å². The Hall–Kier alpha value is -3.17. The number of likely N-dealkylation sites (tertiary alicyclic amines) is 1. The smallest absolute Gasteiger partial charge is 0.313 e. The minimum Gasteiger partial charge on any atom is -0.465 e. The van der Waals surface area contributed by atoms with E-state index in [-0.39, 0.29) is 25.0 Å². The number of nitrogens with zero attached hydrogens (tertiary/aromatic N) is 3.